The Morgan fingerprint density at radius 1 is 1.61 bits per heavy atom. The van der Waals surface area contributed by atoms with E-state index in [4.69, 9.17) is 0 Å². The lowest BCUT2D eigenvalue weighted by Crippen LogP contribution is -2.55. The number of aromatic nitrogens is 1. The Balaban J connectivity index is 2.05. The van der Waals surface area contributed by atoms with Gasteiger partial charge in [-0.05, 0) is 19.3 Å². The third-order valence-corrected chi connectivity index (χ3v) is 4.04. The molecule has 1 aromatic rings. The van der Waals surface area contributed by atoms with Gasteiger partial charge in [0.1, 0.15) is 5.01 Å². The number of carbonyl (C=O) groups excluding carboxylic acids is 1. The Kier molecular flexibility index (Phi) is 4.35. The molecule has 0 spiro atoms. The zero-order chi connectivity index (χ0) is 13.1. The first-order valence-electron chi connectivity index (χ1n) is 6.49. The molecule has 2 heterocycles. The predicted molar refractivity (Wildman–Crippen MR) is 73.5 cm³/mol. The number of aryl methyl sites for hydroxylation is 1. The largest absolute Gasteiger partial charge is 0.353 e. The van der Waals surface area contributed by atoms with Crippen molar-refractivity contribution in [3.05, 3.63) is 16.1 Å². The highest BCUT2D eigenvalue weighted by molar-refractivity contribution is 7.11. The van der Waals surface area contributed by atoms with Gasteiger partial charge in [-0.25, -0.2) is 4.98 Å². The van der Waals surface area contributed by atoms with Crippen LogP contribution in [0.25, 0.3) is 0 Å². The fourth-order valence-corrected chi connectivity index (χ4v) is 3.12. The molecule has 0 aliphatic carbocycles. The standard InChI is InChI=1S/C13H21N3OS/c1-9(2)6-11-13(17)14-4-5-16(11)8-12-15-7-10(3)18-12/h7,9,11H,4-6,8H2,1-3H3,(H,14,17). The summed E-state index contributed by atoms with van der Waals surface area (Å²) in [6.07, 6.45) is 2.82. The molecule has 0 saturated carbocycles. The van der Waals surface area contributed by atoms with E-state index < -0.39 is 0 Å². The van der Waals surface area contributed by atoms with Crippen LogP contribution in [0, 0.1) is 12.8 Å². The van der Waals surface area contributed by atoms with Gasteiger partial charge >= 0.3 is 0 Å². The van der Waals surface area contributed by atoms with E-state index in [0.717, 1.165) is 31.1 Å². The van der Waals surface area contributed by atoms with Crippen LogP contribution in [-0.2, 0) is 11.3 Å². The number of piperazine rings is 1. The molecule has 1 N–H and O–H groups in total. The molecule has 0 bridgehead atoms. The van der Waals surface area contributed by atoms with Crippen molar-refractivity contribution in [2.45, 2.75) is 39.8 Å². The highest BCUT2D eigenvalue weighted by atomic mass is 32.1. The number of nitrogens with one attached hydrogen (secondary N) is 1. The first kappa shape index (κ1) is 13.5. The summed E-state index contributed by atoms with van der Waals surface area (Å²) in [5.74, 6) is 0.697. The average molecular weight is 267 g/mol. The predicted octanol–water partition coefficient (Wildman–Crippen LogP) is 1.80. The van der Waals surface area contributed by atoms with Crippen LogP contribution in [0.4, 0.5) is 0 Å². The van der Waals surface area contributed by atoms with Gasteiger partial charge in [-0.1, -0.05) is 13.8 Å². The Bertz CT molecular complexity index is 416. The van der Waals surface area contributed by atoms with Gasteiger partial charge in [0.15, 0.2) is 0 Å². The van der Waals surface area contributed by atoms with Crippen molar-refractivity contribution in [2.24, 2.45) is 5.92 Å². The van der Waals surface area contributed by atoms with Crippen molar-refractivity contribution in [2.75, 3.05) is 13.1 Å². The van der Waals surface area contributed by atoms with E-state index in [1.165, 1.54) is 4.88 Å². The summed E-state index contributed by atoms with van der Waals surface area (Å²) in [4.78, 5) is 19.8. The van der Waals surface area contributed by atoms with Gasteiger partial charge in [-0.2, -0.15) is 0 Å². The number of nitrogens with zero attached hydrogens (tertiary/aromatic N) is 2. The van der Waals surface area contributed by atoms with Crippen LogP contribution < -0.4 is 5.32 Å². The molecule has 1 aromatic heterocycles. The summed E-state index contributed by atoms with van der Waals surface area (Å²) in [5, 5.41) is 4.07. The third kappa shape index (κ3) is 3.29. The Morgan fingerprint density at radius 3 is 3.00 bits per heavy atom. The van der Waals surface area contributed by atoms with Crippen LogP contribution >= 0.6 is 11.3 Å². The van der Waals surface area contributed by atoms with Crippen LogP contribution in [0.15, 0.2) is 6.20 Å². The molecule has 1 fully saturated rings. The second kappa shape index (κ2) is 5.80. The van der Waals surface area contributed by atoms with E-state index in [1.54, 1.807) is 11.3 Å². The maximum Gasteiger partial charge on any atom is 0.237 e. The molecule has 18 heavy (non-hydrogen) atoms. The third-order valence-electron chi connectivity index (χ3n) is 3.14. The SMILES string of the molecule is Cc1cnc(CN2CCNC(=O)C2CC(C)C)s1. The lowest BCUT2D eigenvalue weighted by atomic mass is 10.00. The minimum atomic E-state index is 0.00274. The van der Waals surface area contributed by atoms with Gasteiger partial charge in [-0.15, -0.1) is 11.3 Å². The number of carbonyl (C=O) groups is 1. The van der Waals surface area contributed by atoms with Crippen LogP contribution in [0.2, 0.25) is 0 Å². The highest BCUT2D eigenvalue weighted by Crippen LogP contribution is 2.19. The van der Waals surface area contributed by atoms with Crippen molar-refractivity contribution >= 4 is 17.2 Å². The van der Waals surface area contributed by atoms with Gasteiger partial charge in [0, 0.05) is 24.2 Å². The van der Waals surface area contributed by atoms with Crippen LogP contribution in [-0.4, -0.2) is 34.9 Å². The summed E-state index contributed by atoms with van der Waals surface area (Å²) in [7, 11) is 0. The quantitative estimate of drug-likeness (QED) is 0.905. The minimum Gasteiger partial charge on any atom is -0.353 e. The molecule has 1 aliphatic rings. The highest BCUT2D eigenvalue weighted by Gasteiger charge is 2.30. The van der Waals surface area contributed by atoms with Crippen molar-refractivity contribution in [3.8, 4) is 0 Å². The van der Waals surface area contributed by atoms with E-state index in [2.05, 4.69) is 36.0 Å². The first-order chi connectivity index (χ1) is 8.56. The summed E-state index contributed by atoms with van der Waals surface area (Å²) in [6, 6.07) is 0.00274. The number of amides is 1. The van der Waals surface area contributed by atoms with E-state index in [-0.39, 0.29) is 11.9 Å². The second-order valence-electron chi connectivity index (χ2n) is 5.27. The first-order valence-corrected chi connectivity index (χ1v) is 7.31. The molecule has 100 valence electrons. The lowest BCUT2D eigenvalue weighted by Gasteiger charge is -2.35. The molecule has 1 saturated heterocycles. The molecule has 4 nitrogen and oxygen atoms in total. The Morgan fingerprint density at radius 2 is 2.39 bits per heavy atom. The van der Waals surface area contributed by atoms with E-state index in [9.17, 15) is 4.79 Å². The number of hydrogen-bond acceptors (Lipinski definition) is 4. The fourth-order valence-electron chi connectivity index (χ4n) is 2.30. The molecule has 5 heteroatoms. The number of rotatable bonds is 4. The van der Waals surface area contributed by atoms with Crippen molar-refractivity contribution in [1.29, 1.82) is 0 Å². The zero-order valence-electron chi connectivity index (χ0n) is 11.3. The van der Waals surface area contributed by atoms with Crippen LogP contribution in [0.1, 0.15) is 30.2 Å². The molecule has 1 unspecified atom stereocenters. The Hall–Kier alpha value is -0.940. The van der Waals surface area contributed by atoms with Crippen molar-refractivity contribution in [1.82, 2.24) is 15.2 Å². The van der Waals surface area contributed by atoms with Gasteiger partial charge in [0.2, 0.25) is 5.91 Å². The monoisotopic (exact) mass is 267 g/mol. The normalized spacial score (nSPS) is 21.3. The number of hydrogen-bond donors (Lipinski definition) is 1. The topological polar surface area (TPSA) is 45.2 Å². The molecule has 1 amide bonds. The van der Waals surface area contributed by atoms with Crippen LogP contribution in [0.5, 0.6) is 0 Å². The van der Waals surface area contributed by atoms with Crippen molar-refractivity contribution in [3.63, 3.8) is 0 Å². The molecule has 0 radical (unpaired) electrons. The molecule has 1 atom stereocenters. The summed E-state index contributed by atoms with van der Waals surface area (Å²) in [6.45, 7) is 8.85. The second-order valence-corrected chi connectivity index (χ2v) is 6.59. The molecular formula is C13H21N3OS. The molecule has 2 rings (SSSR count). The molecule has 0 aromatic carbocycles. The maximum atomic E-state index is 12.0. The van der Waals surface area contributed by atoms with E-state index >= 15 is 0 Å². The summed E-state index contributed by atoms with van der Waals surface area (Å²) < 4.78 is 0. The van der Waals surface area contributed by atoms with Crippen LogP contribution in [0.3, 0.4) is 0 Å². The number of thiazole rings is 1. The smallest absolute Gasteiger partial charge is 0.237 e. The Labute approximate surface area is 112 Å². The lowest BCUT2D eigenvalue weighted by molar-refractivity contribution is -0.130. The summed E-state index contributed by atoms with van der Waals surface area (Å²) >= 11 is 1.72. The van der Waals surface area contributed by atoms with E-state index in [0.29, 0.717) is 5.92 Å². The molecule has 1 aliphatic heterocycles. The van der Waals surface area contributed by atoms with Gasteiger partial charge in [0.05, 0.1) is 12.6 Å². The minimum absolute atomic E-state index is 0.00274. The maximum absolute atomic E-state index is 12.0. The molecular weight excluding hydrogens is 246 g/mol. The van der Waals surface area contributed by atoms with Gasteiger partial charge in [0.25, 0.3) is 0 Å². The van der Waals surface area contributed by atoms with Crippen molar-refractivity contribution < 1.29 is 4.79 Å². The summed E-state index contributed by atoms with van der Waals surface area (Å²) in [5.41, 5.74) is 0. The fraction of sp³-hybridized carbons (Fsp3) is 0.692. The zero-order valence-corrected chi connectivity index (χ0v) is 12.1. The van der Waals surface area contributed by atoms with Gasteiger partial charge < -0.3 is 5.32 Å². The van der Waals surface area contributed by atoms with Gasteiger partial charge in [-0.3, -0.25) is 9.69 Å². The van der Waals surface area contributed by atoms with E-state index in [1.807, 2.05) is 6.20 Å². The average Bonchev–Trinajstić information content (AvgIpc) is 2.69.